The summed E-state index contributed by atoms with van der Waals surface area (Å²) in [5.41, 5.74) is 0.803. The van der Waals surface area contributed by atoms with Crippen molar-refractivity contribution in [2.24, 2.45) is 7.05 Å². The van der Waals surface area contributed by atoms with Gasteiger partial charge in [-0.05, 0) is 32.6 Å². The van der Waals surface area contributed by atoms with E-state index in [0.717, 1.165) is 57.8 Å². The van der Waals surface area contributed by atoms with Crippen LogP contribution in [0.25, 0.3) is 11.2 Å². The summed E-state index contributed by atoms with van der Waals surface area (Å²) < 4.78 is 9.51. The van der Waals surface area contributed by atoms with Gasteiger partial charge in [0.15, 0.2) is 11.2 Å². The number of ether oxygens (including phenoxy) is 1. The van der Waals surface area contributed by atoms with E-state index in [4.69, 9.17) is 9.72 Å². The predicted molar refractivity (Wildman–Crippen MR) is 109 cm³/mol. The summed E-state index contributed by atoms with van der Waals surface area (Å²) in [4.78, 5) is 24.7. The molecule has 8 heteroatoms. The van der Waals surface area contributed by atoms with Crippen LogP contribution in [-0.2, 0) is 13.6 Å². The molecule has 2 aromatic rings. The molecule has 1 saturated carbocycles. The van der Waals surface area contributed by atoms with E-state index in [1.807, 2.05) is 4.57 Å². The highest BCUT2D eigenvalue weighted by Crippen LogP contribution is 2.24. The topological polar surface area (TPSA) is 77.2 Å². The molecule has 2 aliphatic rings. The highest BCUT2D eigenvalue weighted by Gasteiger charge is 2.24. The van der Waals surface area contributed by atoms with Crippen LogP contribution in [0, 0.1) is 11.8 Å². The normalized spacial score (nSPS) is 18.1. The van der Waals surface area contributed by atoms with Crippen molar-refractivity contribution in [3.8, 4) is 17.9 Å². The van der Waals surface area contributed by atoms with Gasteiger partial charge in [-0.25, -0.2) is 0 Å². The Labute approximate surface area is 164 Å². The van der Waals surface area contributed by atoms with Gasteiger partial charge < -0.3 is 15.0 Å². The molecule has 3 heterocycles. The van der Waals surface area contributed by atoms with Crippen LogP contribution in [0.2, 0.25) is 0 Å². The summed E-state index contributed by atoms with van der Waals surface area (Å²) >= 11 is 0. The van der Waals surface area contributed by atoms with Gasteiger partial charge in [-0.1, -0.05) is 12.3 Å². The average Bonchev–Trinajstić information content (AvgIpc) is 3.10. The number of fused-ring (bicyclic) bond motifs is 1. The van der Waals surface area contributed by atoms with Crippen LogP contribution in [0.3, 0.4) is 0 Å². The monoisotopic (exact) mass is 384 g/mol. The number of imidazole rings is 1. The lowest BCUT2D eigenvalue weighted by molar-refractivity contribution is 0.135. The van der Waals surface area contributed by atoms with Gasteiger partial charge in [0.1, 0.15) is 6.10 Å². The SMILES string of the molecule is CC#CCn1c(N2CCNCC2)nc2nc(OC3CCCCC3)n(C)c(=O)c21. The van der Waals surface area contributed by atoms with Gasteiger partial charge in [0, 0.05) is 33.2 Å². The molecular weight excluding hydrogens is 356 g/mol. The molecule has 0 aromatic carbocycles. The zero-order chi connectivity index (χ0) is 19.5. The van der Waals surface area contributed by atoms with Crippen molar-refractivity contribution < 1.29 is 4.74 Å². The van der Waals surface area contributed by atoms with E-state index in [9.17, 15) is 4.79 Å². The van der Waals surface area contributed by atoms with Gasteiger partial charge in [-0.2, -0.15) is 9.97 Å². The summed E-state index contributed by atoms with van der Waals surface area (Å²) in [6.45, 7) is 5.69. The Morgan fingerprint density at radius 2 is 1.93 bits per heavy atom. The van der Waals surface area contributed by atoms with Crippen molar-refractivity contribution >= 4 is 17.1 Å². The van der Waals surface area contributed by atoms with Crippen molar-refractivity contribution in [1.29, 1.82) is 0 Å². The van der Waals surface area contributed by atoms with Gasteiger partial charge in [0.2, 0.25) is 5.95 Å². The number of aromatic nitrogens is 4. The molecule has 1 aliphatic heterocycles. The van der Waals surface area contributed by atoms with E-state index in [-0.39, 0.29) is 11.7 Å². The molecule has 2 fully saturated rings. The molecule has 0 radical (unpaired) electrons. The van der Waals surface area contributed by atoms with E-state index in [1.165, 1.54) is 11.0 Å². The zero-order valence-corrected chi connectivity index (χ0v) is 16.7. The molecule has 0 atom stereocenters. The number of anilines is 1. The Morgan fingerprint density at radius 3 is 2.64 bits per heavy atom. The summed E-state index contributed by atoms with van der Waals surface area (Å²) in [7, 11) is 1.72. The van der Waals surface area contributed by atoms with E-state index >= 15 is 0 Å². The first-order valence-electron chi connectivity index (χ1n) is 10.2. The fourth-order valence-corrected chi connectivity index (χ4v) is 3.98. The first-order valence-corrected chi connectivity index (χ1v) is 10.2. The fourth-order valence-electron chi connectivity index (χ4n) is 3.98. The number of piperazine rings is 1. The largest absolute Gasteiger partial charge is 0.461 e. The lowest BCUT2D eigenvalue weighted by atomic mass is 9.98. The maximum absolute atomic E-state index is 13.2. The fraction of sp³-hybridized carbons (Fsp3) is 0.650. The molecule has 4 rings (SSSR count). The third kappa shape index (κ3) is 3.59. The Morgan fingerprint density at radius 1 is 1.18 bits per heavy atom. The van der Waals surface area contributed by atoms with Gasteiger partial charge in [-0.15, -0.1) is 5.92 Å². The Kier molecular flexibility index (Phi) is 5.53. The lowest BCUT2D eigenvalue weighted by Crippen LogP contribution is -2.44. The van der Waals surface area contributed by atoms with Crippen LogP contribution >= 0.6 is 0 Å². The van der Waals surface area contributed by atoms with Crippen LogP contribution in [0.15, 0.2) is 4.79 Å². The first-order chi connectivity index (χ1) is 13.7. The maximum Gasteiger partial charge on any atom is 0.301 e. The van der Waals surface area contributed by atoms with Crippen molar-refractivity contribution in [3.63, 3.8) is 0 Å². The molecule has 0 unspecified atom stereocenters. The number of nitrogens with one attached hydrogen (secondary N) is 1. The smallest absolute Gasteiger partial charge is 0.301 e. The molecule has 1 aliphatic carbocycles. The molecule has 1 N–H and O–H groups in total. The van der Waals surface area contributed by atoms with Gasteiger partial charge in [0.05, 0.1) is 6.54 Å². The molecule has 1 saturated heterocycles. The highest BCUT2D eigenvalue weighted by molar-refractivity contribution is 5.74. The van der Waals surface area contributed by atoms with Crippen LogP contribution in [0.4, 0.5) is 5.95 Å². The predicted octanol–water partition coefficient (Wildman–Crippen LogP) is 1.27. The number of rotatable bonds is 4. The van der Waals surface area contributed by atoms with Crippen LogP contribution < -0.4 is 20.5 Å². The minimum absolute atomic E-state index is 0.130. The van der Waals surface area contributed by atoms with Gasteiger partial charge >= 0.3 is 6.01 Å². The van der Waals surface area contributed by atoms with E-state index in [2.05, 4.69) is 27.0 Å². The summed E-state index contributed by atoms with van der Waals surface area (Å²) in [6, 6.07) is 0.363. The van der Waals surface area contributed by atoms with Crippen LogP contribution in [-0.4, -0.2) is 51.4 Å². The molecule has 8 nitrogen and oxygen atoms in total. The van der Waals surface area contributed by atoms with Crippen molar-refractivity contribution in [3.05, 3.63) is 10.4 Å². The number of hydrogen-bond donors (Lipinski definition) is 1. The molecule has 0 bridgehead atoms. The molecular formula is C20H28N6O2. The van der Waals surface area contributed by atoms with Crippen molar-refractivity contribution in [2.45, 2.75) is 51.7 Å². The maximum atomic E-state index is 13.2. The van der Waals surface area contributed by atoms with Crippen molar-refractivity contribution in [1.82, 2.24) is 24.4 Å². The second-order valence-corrected chi connectivity index (χ2v) is 7.47. The van der Waals surface area contributed by atoms with Crippen molar-refractivity contribution in [2.75, 3.05) is 31.1 Å². The Bertz CT molecular complexity index is 955. The Hall–Kier alpha value is -2.53. The quantitative estimate of drug-likeness (QED) is 0.800. The molecule has 28 heavy (non-hydrogen) atoms. The van der Waals surface area contributed by atoms with E-state index < -0.39 is 0 Å². The molecule has 0 spiro atoms. The van der Waals surface area contributed by atoms with E-state index in [1.54, 1.807) is 14.0 Å². The molecule has 2 aromatic heterocycles. The second kappa shape index (κ2) is 8.23. The Balaban J connectivity index is 1.77. The third-order valence-electron chi connectivity index (χ3n) is 5.56. The second-order valence-electron chi connectivity index (χ2n) is 7.47. The molecule has 0 amide bonds. The standard InChI is InChI=1S/C20H28N6O2/c1-3-4-12-26-16-17(22-19(26)25-13-10-21-11-14-25)23-20(24(2)18(16)27)28-15-8-6-5-7-9-15/h15,21H,5-14H2,1-2H3. The summed E-state index contributed by atoms with van der Waals surface area (Å²) in [6.07, 6.45) is 5.74. The van der Waals surface area contributed by atoms with Gasteiger partial charge in [-0.3, -0.25) is 13.9 Å². The van der Waals surface area contributed by atoms with E-state index in [0.29, 0.717) is 23.7 Å². The molecule has 150 valence electrons. The summed E-state index contributed by atoms with van der Waals surface area (Å²) in [5.74, 6) is 6.75. The minimum Gasteiger partial charge on any atom is -0.461 e. The average molecular weight is 384 g/mol. The zero-order valence-electron chi connectivity index (χ0n) is 16.7. The third-order valence-corrected chi connectivity index (χ3v) is 5.56. The highest BCUT2D eigenvalue weighted by atomic mass is 16.5. The van der Waals surface area contributed by atoms with Crippen LogP contribution in [0.5, 0.6) is 6.01 Å². The lowest BCUT2D eigenvalue weighted by Gasteiger charge is -2.28. The summed E-state index contributed by atoms with van der Waals surface area (Å²) in [5, 5.41) is 3.35. The first kappa shape index (κ1) is 18.8. The van der Waals surface area contributed by atoms with Crippen LogP contribution in [0.1, 0.15) is 39.0 Å². The number of hydrogen-bond acceptors (Lipinski definition) is 6. The minimum atomic E-state index is -0.136. The van der Waals surface area contributed by atoms with Gasteiger partial charge in [0.25, 0.3) is 5.56 Å². The number of nitrogens with zero attached hydrogens (tertiary/aromatic N) is 5.